The highest BCUT2D eigenvalue weighted by Crippen LogP contribution is 2.31. The van der Waals surface area contributed by atoms with Crippen LogP contribution >= 0.6 is 0 Å². The summed E-state index contributed by atoms with van der Waals surface area (Å²) in [6, 6.07) is 4.78. The maximum Gasteiger partial charge on any atom is 0.161 e. The number of methoxy groups -OCH3 is 2. The van der Waals surface area contributed by atoms with Gasteiger partial charge in [-0.1, -0.05) is 0 Å². The van der Waals surface area contributed by atoms with Gasteiger partial charge >= 0.3 is 0 Å². The van der Waals surface area contributed by atoms with E-state index in [1.54, 1.807) is 14.2 Å². The lowest BCUT2D eigenvalue weighted by molar-refractivity contribution is 0.195. The number of nitrogens with zero attached hydrogens (tertiary/aromatic N) is 1. The Morgan fingerprint density at radius 1 is 1.25 bits per heavy atom. The molecule has 0 radical (unpaired) electrons. The van der Waals surface area contributed by atoms with Crippen LogP contribution in [0.1, 0.15) is 24.0 Å². The van der Waals surface area contributed by atoms with Crippen LogP contribution in [0.3, 0.4) is 0 Å². The van der Waals surface area contributed by atoms with E-state index >= 15 is 0 Å². The summed E-state index contributed by atoms with van der Waals surface area (Å²) in [6.45, 7) is 5.31. The van der Waals surface area contributed by atoms with Crippen molar-refractivity contribution in [2.75, 3.05) is 34.4 Å². The normalized spacial score (nSPS) is 19.1. The van der Waals surface area contributed by atoms with Crippen LogP contribution in [0.4, 0.5) is 0 Å². The van der Waals surface area contributed by atoms with Gasteiger partial charge in [0.05, 0.1) is 14.2 Å². The van der Waals surface area contributed by atoms with Crippen LogP contribution in [0.15, 0.2) is 12.1 Å². The van der Waals surface area contributed by atoms with E-state index in [9.17, 15) is 0 Å². The highest BCUT2D eigenvalue weighted by atomic mass is 16.5. The van der Waals surface area contributed by atoms with Gasteiger partial charge in [-0.15, -0.1) is 0 Å². The molecule has 1 aliphatic heterocycles. The molecular formula is C16H26N2O2. The molecular weight excluding hydrogens is 252 g/mol. The molecule has 0 aromatic heterocycles. The lowest BCUT2D eigenvalue weighted by Crippen LogP contribution is -2.43. The lowest BCUT2D eigenvalue weighted by Gasteiger charge is -2.32. The van der Waals surface area contributed by atoms with E-state index in [1.165, 1.54) is 24.0 Å². The van der Waals surface area contributed by atoms with E-state index in [-0.39, 0.29) is 0 Å². The molecule has 2 rings (SSSR count). The van der Waals surface area contributed by atoms with Crippen molar-refractivity contribution in [1.29, 1.82) is 0 Å². The molecule has 1 saturated heterocycles. The van der Waals surface area contributed by atoms with E-state index < -0.39 is 0 Å². The Labute approximate surface area is 122 Å². The van der Waals surface area contributed by atoms with Gasteiger partial charge in [0, 0.05) is 19.1 Å². The van der Waals surface area contributed by atoms with Crippen molar-refractivity contribution < 1.29 is 9.47 Å². The van der Waals surface area contributed by atoms with Crippen LogP contribution in [-0.4, -0.2) is 45.3 Å². The van der Waals surface area contributed by atoms with Crippen LogP contribution in [0, 0.1) is 6.92 Å². The predicted octanol–water partition coefficient (Wildman–Crippen LogP) is 2.20. The van der Waals surface area contributed by atoms with Crippen molar-refractivity contribution in [3.8, 4) is 11.5 Å². The zero-order valence-corrected chi connectivity index (χ0v) is 13.0. The van der Waals surface area contributed by atoms with Gasteiger partial charge in [0.1, 0.15) is 0 Å². The molecule has 1 heterocycles. The molecule has 4 heteroatoms. The molecule has 1 aromatic carbocycles. The molecule has 0 saturated carbocycles. The van der Waals surface area contributed by atoms with Crippen molar-refractivity contribution in [2.45, 2.75) is 32.4 Å². The third-order valence-corrected chi connectivity index (χ3v) is 4.16. The van der Waals surface area contributed by atoms with Crippen LogP contribution < -0.4 is 14.8 Å². The summed E-state index contributed by atoms with van der Waals surface area (Å²) >= 11 is 0. The van der Waals surface area contributed by atoms with Crippen molar-refractivity contribution in [3.63, 3.8) is 0 Å². The van der Waals surface area contributed by atoms with Crippen LogP contribution in [0.5, 0.6) is 11.5 Å². The number of ether oxygens (including phenoxy) is 2. The van der Waals surface area contributed by atoms with Gasteiger partial charge in [-0.25, -0.2) is 0 Å². The van der Waals surface area contributed by atoms with Crippen molar-refractivity contribution in [1.82, 2.24) is 10.2 Å². The summed E-state index contributed by atoms with van der Waals surface area (Å²) in [5.74, 6) is 1.61. The standard InChI is InChI=1S/C16H26N2O2/c1-12-8-15(19-3)16(20-4)9-13(12)11-18(2)14-6-5-7-17-10-14/h8-9,14,17H,5-7,10-11H2,1-4H3. The molecule has 1 fully saturated rings. The Morgan fingerprint density at radius 2 is 1.95 bits per heavy atom. The first-order chi connectivity index (χ1) is 9.65. The summed E-state index contributed by atoms with van der Waals surface area (Å²) < 4.78 is 10.7. The SMILES string of the molecule is COc1cc(C)c(CN(C)C2CCCNC2)cc1OC. The minimum absolute atomic E-state index is 0.622. The van der Waals surface area contributed by atoms with Gasteiger partial charge in [0.15, 0.2) is 11.5 Å². The Kier molecular flexibility index (Phi) is 5.26. The van der Waals surface area contributed by atoms with Gasteiger partial charge in [0.25, 0.3) is 0 Å². The van der Waals surface area contributed by atoms with Gasteiger partial charge in [-0.3, -0.25) is 4.90 Å². The van der Waals surface area contributed by atoms with Crippen molar-refractivity contribution >= 4 is 0 Å². The number of hydrogen-bond acceptors (Lipinski definition) is 4. The largest absolute Gasteiger partial charge is 0.493 e. The number of nitrogens with one attached hydrogen (secondary N) is 1. The second-order valence-electron chi connectivity index (χ2n) is 5.55. The molecule has 0 amide bonds. The summed E-state index contributed by atoms with van der Waals surface area (Å²) in [5, 5.41) is 3.47. The van der Waals surface area contributed by atoms with Crippen LogP contribution in [0.25, 0.3) is 0 Å². The minimum Gasteiger partial charge on any atom is -0.493 e. The number of piperidine rings is 1. The molecule has 1 aromatic rings. The summed E-state index contributed by atoms with van der Waals surface area (Å²) in [6.07, 6.45) is 2.54. The number of likely N-dealkylation sites (N-methyl/N-ethyl adjacent to an activating group) is 1. The molecule has 20 heavy (non-hydrogen) atoms. The fourth-order valence-electron chi connectivity index (χ4n) is 2.80. The van der Waals surface area contributed by atoms with E-state index in [0.717, 1.165) is 31.1 Å². The maximum absolute atomic E-state index is 5.40. The number of benzene rings is 1. The number of aryl methyl sites for hydroxylation is 1. The van der Waals surface area contributed by atoms with E-state index in [1.807, 2.05) is 0 Å². The molecule has 112 valence electrons. The van der Waals surface area contributed by atoms with E-state index in [0.29, 0.717) is 6.04 Å². The Hall–Kier alpha value is -1.26. The summed E-state index contributed by atoms with van der Waals surface area (Å²) in [7, 11) is 5.57. The molecule has 0 aliphatic carbocycles. The molecule has 4 nitrogen and oxygen atoms in total. The average Bonchev–Trinajstić information content (AvgIpc) is 2.49. The number of hydrogen-bond donors (Lipinski definition) is 1. The Morgan fingerprint density at radius 3 is 2.55 bits per heavy atom. The topological polar surface area (TPSA) is 33.7 Å². The minimum atomic E-state index is 0.622. The average molecular weight is 278 g/mol. The van der Waals surface area contributed by atoms with Crippen LogP contribution in [-0.2, 0) is 6.54 Å². The molecule has 1 atom stereocenters. The smallest absolute Gasteiger partial charge is 0.161 e. The third-order valence-electron chi connectivity index (χ3n) is 4.16. The predicted molar refractivity (Wildman–Crippen MR) is 81.6 cm³/mol. The van der Waals surface area contributed by atoms with Gasteiger partial charge < -0.3 is 14.8 Å². The molecule has 1 aliphatic rings. The van der Waals surface area contributed by atoms with Crippen LogP contribution in [0.2, 0.25) is 0 Å². The fraction of sp³-hybridized carbons (Fsp3) is 0.625. The maximum atomic E-state index is 5.40. The first kappa shape index (κ1) is 15.1. The first-order valence-electron chi connectivity index (χ1n) is 7.28. The van der Waals surface area contributed by atoms with Crippen molar-refractivity contribution in [2.24, 2.45) is 0 Å². The Balaban J connectivity index is 2.11. The van der Waals surface area contributed by atoms with Gasteiger partial charge in [-0.2, -0.15) is 0 Å². The quantitative estimate of drug-likeness (QED) is 0.895. The van der Waals surface area contributed by atoms with E-state index in [2.05, 4.69) is 36.3 Å². The highest BCUT2D eigenvalue weighted by molar-refractivity contribution is 5.47. The zero-order chi connectivity index (χ0) is 14.5. The molecule has 0 bridgehead atoms. The monoisotopic (exact) mass is 278 g/mol. The Bertz CT molecular complexity index is 442. The number of rotatable bonds is 5. The second-order valence-corrected chi connectivity index (χ2v) is 5.55. The van der Waals surface area contributed by atoms with E-state index in [4.69, 9.17) is 9.47 Å². The summed E-state index contributed by atoms with van der Waals surface area (Å²) in [4.78, 5) is 2.43. The zero-order valence-electron chi connectivity index (χ0n) is 13.0. The molecule has 0 spiro atoms. The lowest BCUT2D eigenvalue weighted by atomic mass is 10.0. The molecule has 1 unspecified atom stereocenters. The second kappa shape index (κ2) is 6.95. The fourth-order valence-corrected chi connectivity index (χ4v) is 2.80. The highest BCUT2D eigenvalue weighted by Gasteiger charge is 2.19. The van der Waals surface area contributed by atoms with Gasteiger partial charge in [0.2, 0.25) is 0 Å². The third kappa shape index (κ3) is 3.44. The first-order valence-corrected chi connectivity index (χ1v) is 7.28. The van der Waals surface area contributed by atoms with Crippen molar-refractivity contribution in [3.05, 3.63) is 23.3 Å². The molecule has 1 N–H and O–H groups in total. The van der Waals surface area contributed by atoms with Gasteiger partial charge in [-0.05, 0) is 56.6 Å². The summed E-state index contributed by atoms with van der Waals surface area (Å²) in [5.41, 5.74) is 2.55.